The summed E-state index contributed by atoms with van der Waals surface area (Å²) in [7, 11) is -3.59. The van der Waals surface area contributed by atoms with E-state index in [-0.39, 0.29) is 10.8 Å². The van der Waals surface area contributed by atoms with Gasteiger partial charge in [0.25, 0.3) is 5.91 Å². The molecule has 0 radical (unpaired) electrons. The van der Waals surface area contributed by atoms with Crippen LogP contribution in [0.4, 0.5) is 0 Å². The van der Waals surface area contributed by atoms with Crippen molar-refractivity contribution in [1.82, 2.24) is 9.62 Å². The second-order valence-electron chi connectivity index (χ2n) is 7.79. The van der Waals surface area contributed by atoms with E-state index in [4.69, 9.17) is 0 Å². The van der Waals surface area contributed by atoms with Gasteiger partial charge in [0.05, 0.1) is 4.90 Å². The average Bonchev–Trinajstić information content (AvgIpc) is 2.68. The first-order chi connectivity index (χ1) is 13.4. The van der Waals surface area contributed by atoms with Crippen LogP contribution in [0.25, 0.3) is 0 Å². The normalized spacial score (nSPS) is 20.6. The van der Waals surface area contributed by atoms with Crippen LogP contribution in [0.5, 0.6) is 0 Å². The summed E-state index contributed by atoms with van der Waals surface area (Å²) in [6.07, 6.45) is 1.77. The Balaban J connectivity index is 1.68. The molecule has 2 aromatic carbocycles. The molecule has 28 heavy (non-hydrogen) atoms. The van der Waals surface area contributed by atoms with Gasteiger partial charge in [-0.2, -0.15) is 4.31 Å². The number of sulfonamides is 1. The number of piperidine rings is 1. The predicted molar refractivity (Wildman–Crippen MR) is 111 cm³/mol. The van der Waals surface area contributed by atoms with Crippen LogP contribution < -0.4 is 5.32 Å². The lowest BCUT2D eigenvalue weighted by Gasteiger charge is -2.34. The Hall–Kier alpha value is -2.18. The average molecular weight is 401 g/mol. The number of nitrogens with one attached hydrogen (secondary N) is 1. The fourth-order valence-corrected chi connectivity index (χ4v) is 5.54. The third kappa shape index (κ3) is 5.00. The SMILES string of the molecule is CC1CC(C)CN(S(=O)(=O)c2cccc(C(=O)NCCc3ccccc3)c2)C1. The third-order valence-corrected chi connectivity index (χ3v) is 6.94. The van der Waals surface area contributed by atoms with Crippen molar-refractivity contribution in [2.45, 2.75) is 31.6 Å². The summed E-state index contributed by atoms with van der Waals surface area (Å²) < 4.78 is 27.6. The van der Waals surface area contributed by atoms with Gasteiger partial charge >= 0.3 is 0 Å². The summed E-state index contributed by atoms with van der Waals surface area (Å²) in [5, 5.41) is 2.87. The van der Waals surface area contributed by atoms with Crippen LogP contribution in [0.2, 0.25) is 0 Å². The van der Waals surface area contributed by atoms with Gasteiger partial charge in [0.2, 0.25) is 10.0 Å². The van der Waals surface area contributed by atoms with E-state index in [2.05, 4.69) is 19.2 Å². The lowest BCUT2D eigenvalue weighted by atomic mass is 9.94. The zero-order valence-electron chi connectivity index (χ0n) is 16.5. The molecule has 150 valence electrons. The van der Waals surface area contributed by atoms with Gasteiger partial charge in [-0.25, -0.2) is 8.42 Å². The van der Waals surface area contributed by atoms with Crippen molar-refractivity contribution in [2.75, 3.05) is 19.6 Å². The highest BCUT2D eigenvalue weighted by atomic mass is 32.2. The van der Waals surface area contributed by atoms with Gasteiger partial charge in [0, 0.05) is 25.2 Å². The number of hydrogen-bond acceptors (Lipinski definition) is 3. The lowest BCUT2D eigenvalue weighted by Crippen LogP contribution is -2.42. The van der Waals surface area contributed by atoms with Gasteiger partial charge < -0.3 is 5.32 Å². The molecule has 2 unspecified atom stereocenters. The van der Waals surface area contributed by atoms with Gasteiger partial charge in [-0.1, -0.05) is 50.2 Å². The highest BCUT2D eigenvalue weighted by Crippen LogP contribution is 2.27. The van der Waals surface area contributed by atoms with Crippen LogP contribution >= 0.6 is 0 Å². The van der Waals surface area contributed by atoms with Crippen LogP contribution in [0.3, 0.4) is 0 Å². The summed E-state index contributed by atoms with van der Waals surface area (Å²) in [6.45, 7) is 5.71. The number of nitrogens with zero attached hydrogens (tertiary/aromatic N) is 1. The van der Waals surface area contributed by atoms with Crippen LogP contribution in [0.1, 0.15) is 36.2 Å². The Morgan fingerprint density at radius 3 is 2.39 bits per heavy atom. The first-order valence-corrected chi connectivity index (χ1v) is 11.2. The van der Waals surface area contributed by atoms with Gasteiger partial charge in [-0.15, -0.1) is 0 Å². The topological polar surface area (TPSA) is 66.5 Å². The van der Waals surface area contributed by atoms with E-state index in [0.717, 1.165) is 18.4 Å². The zero-order chi connectivity index (χ0) is 20.1. The monoisotopic (exact) mass is 400 g/mol. The Bertz CT molecular complexity index is 902. The molecule has 3 rings (SSSR count). The van der Waals surface area contributed by atoms with Gasteiger partial charge in [0.1, 0.15) is 0 Å². The second-order valence-corrected chi connectivity index (χ2v) is 9.73. The van der Waals surface area contributed by atoms with E-state index in [9.17, 15) is 13.2 Å². The Morgan fingerprint density at radius 1 is 1.04 bits per heavy atom. The van der Waals surface area contributed by atoms with Crippen LogP contribution in [0.15, 0.2) is 59.5 Å². The first kappa shape index (κ1) is 20.6. The van der Waals surface area contributed by atoms with Gasteiger partial charge in [0.15, 0.2) is 0 Å². The quantitative estimate of drug-likeness (QED) is 0.809. The van der Waals surface area contributed by atoms with Gasteiger partial charge in [-0.3, -0.25) is 4.79 Å². The van der Waals surface area contributed by atoms with Crippen LogP contribution in [-0.4, -0.2) is 38.3 Å². The maximum atomic E-state index is 13.0. The molecule has 5 nitrogen and oxygen atoms in total. The van der Waals surface area contributed by atoms with Crippen molar-refractivity contribution in [3.8, 4) is 0 Å². The molecule has 2 atom stereocenters. The van der Waals surface area contributed by atoms with Crippen molar-refractivity contribution in [1.29, 1.82) is 0 Å². The highest BCUT2D eigenvalue weighted by Gasteiger charge is 2.31. The molecule has 6 heteroatoms. The molecule has 0 bridgehead atoms. The third-order valence-electron chi connectivity index (χ3n) is 5.11. The van der Waals surface area contributed by atoms with E-state index in [1.165, 1.54) is 6.07 Å². The molecule has 1 aliphatic rings. The van der Waals surface area contributed by atoms with E-state index >= 15 is 0 Å². The second kappa shape index (κ2) is 8.88. The van der Waals surface area contributed by atoms with Crippen molar-refractivity contribution in [2.24, 2.45) is 11.8 Å². The molecule has 1 aliphatic heterocycles. The minimum atomic E-state index is -3.59. The summed E-state index contributed by atoms with van der Waals surface area (Å²) >= 11 is 0. The molecule has 1 N–H and O–H groups in total. The predicted octanol–water partition coefficient (Wildman–Crippen LogP) is 3.33. The maximum absolute atomic E-state index is 13.0. The molecular formula is C22H28N2O3S. The summed E-state index contributed by atoms with van der Waals surface area (Å²) in [5.74, 6) is 0.416. The number of carbonyl (C=O) groups excluding carboxylic acids is 1. The molecule has 1 heterocycles. The fraction of sp³-hybridized carbons (Fsp3) is 0.409. The van der Waals surface area contributed by atoms with Crippen molar-refractivity contribution in [3.05, 3.63) is 65.7 Å². The fourth-order valence-electron chi connectivity index (χ4n) is 3.82. The smallest absolute Gasteiger partial charge is 0.251 e. The lowest BCUT2D eigenvalue weighted by molar-refractivity contribution is 0.0954. The van der Waals surface area contributed by atoms with Crippen molar-refractivity contribution < 1.29 is 13.2 Å². The van der Waals surface area contributed by atoms with Crippen molar-refractivity contribution >= 4 is 15.9 Å². The minimum absolute atomic E-state index is 0.185. The van der Waals surface area contributed by atoms with E-state index in [1.807, 2.05) is 30.3 Å². The molecule has 1 saturated heterocycles. The number of amides is 1. The molecule has 1 fully saturated rings. The van der Waals surface area contributed by atoms with Crippen molar-refractivity contribution in [3.63, 3.8) is 0 Å². The molecular weight excluding hydrogens is 372 g/mol. The maximum Gasteiger partial charge on any atom is 0.251 e. The zero-order valence-corrected chi connectivity index (χ0v) is 17.3. The molecule has 2 aromatic rings. The Kier molecular flexibility index (Phi) is 6.52. The number of hydrogen-bond donors (Lipinski definition) is 1. The molecule has 0 saturated carbocycles. The number of carbonyl (C=O) groups is 1. The summed E-state index contributed by atoms with van der Waals surface area (Å²) in [6, 6.07) is 16.3. The molecule has 1 amide bonds. The standard InChI is InChI=1S/C22H28N2O3S/c1-17-13-18(2)16-24(15-17)28(26,27)21-10-6-9-20(14-21)22(25)23-12-11-19-7-4-3-5-8-19/h3-10,14,17-18H,11-13,15-16H2,1-2H3,(H,23,25). The number of rotatable bonds is 6. The summed E-state index contributed by atoms with van der Waals surface area (Å²) in [4.78, 5) is 12.7. The number of benzene rings is 2. The molecule has 0 aromatic heterocycles. The Labute approximate surface area is 167 Å². The summed E-state index contributed by atoms with van der Waals surface area (Å²) in [5.41, 5.74) is 1.51. The van der Waals surface area contributed by atoms with Crippen LogP contribution in [0, 0.1) is 11.8 Å². The molecule has 0 spiro atoms. The highest BCUT2D eigenvalue weighted by molar-refractivity contribution is 7.89. The van der Waals surface area contributed by atoms with E-state index < -0.39 is 10.0 Å². The largest absolute Gasteiger partial charge is 0.352 e. The van der Waals surface area contributed by atoms with E-state index in [1.54, 1.807) is 22.5 Å². The minimum Gasteiger partial charge on any atom is -0.352 e. The van der Waals surface area contributed by atoms with E-state index in [0.29, 0.717) is 37.0 Å². The van der Waals surface area contributed by atoms with Gasteiger partial charge in [-0.05, 0) is 48.4 Å². The molecule has 0 aliphatic carbocycles. The van der Waals surface area contributed by atoms with Crippen LogP contribution in [-0.2, 0) is 16.4 Å². The first-order valence-electron chi connectivity index (χ1n) is 9.78. The Morgan fingerprint density at radius 2 is 1.71 bits per heavy atom.